The van der Waals surface area contributed by atoms with E-state index in [-0.39, 0.29) is 6.03 Å². The van der Waals surface area contributed by atoms with Crippen LogP contribution in [0.2, 0.25) is 0 Å². The van der Waals surface area contributed by atoms with Crippen molar-refractivity contribution in [3.8, 4) is 0 Å². The van der Waals surface area contributed by atoms with Gasteiger partial charge in [0, 0.05) is 30.2 Å². The maximum atomic E-state index is 12.1. The minimum Gasteiger partial charge on any atom is -0.465 e. The Kier molecular flexibility index (Phi) is 5.18. The van der Waals surface area contributed by atoms with Gasteiger partial charge in [-0.15, -0.1) is 0 Å². The van der Waals surface area contributed by atoms with Gasteiger partial charge in [0.05, 0.1) is 12.7 Å². The lowest BCUT2D eigenvalue weighted by atomic mass is 10.2. The van der Waals surface area contributed by atoms with Gasteiger partial charge in [-0.1, -0.05) is 6.07 Å². The van der Waals surface area contributed by atoms with Crippen LogP contribution >= 0.6 is 0 Å². The molecule has 1 aliphatic rings. The molecule has 0 aromatic heterocycles. The molecule has 2 aromatic rings. The topological polar surface area (TPSA) is 70.7 Å². The fourth-order valence-electron chi connectivity index (χ4n) is 2.87. The molecule has 0 bridgehead atoms. The highest BCUT2D eigenvalue weighted by Crippen LogP contribution is 2.22. The van der Waals surface area contributed by atoms with Crippen molar-refractivity contribution >= 4 is 29.1 Å². The third kappa shape index (κ3) is 4.29. The van der Waals surface area contributed by atoms with E-state index in [1.165, 1.54) is 25.6 Å². The number of amides is 2. The number of hydrogen-bond acceptors (Lipinski definition) is 4. The number of carbonyl (C=O) groups is 2. The van der Waals surface area contributed by atoms with E-state index < -0.39 is 5.97 Å². The summed E-state index contributed by atoms with van der Waals surface area (Å²) >= 11 is 0. The number of hydrogen-bond donors (Lipinski definition) is 2. The van der Waals surface area contributed by atoms with Gasteiger partial charge in [-0.25, -0.2) is 9.59 Å². The normalized spacial score (nSPS) is 13.4. The van der Waals surface area contributed by atoms with Crippen LogP contribution in [0.3, 0.4) is 0 Å². The molecule has 1 saturated heterocycles. The predicted octanol–water partition coefficient (Wildman–Crippen LogP) is 3.72. The second kappa shape index (κ2) is 7.70. The Bertz CT molecular complexity index is 753. The number of benzene rings is 2. The lowest BCUT2D eigenvalue weighted by Gasteiger charge is -2.17. The van der Waals surface area contributed by atoms with Crippen LogP contribution in [-0.2, 0) is 4.74 Å². The quantitative estimate of drug-likeness (QED) is 0.833. The first-order valence-corrected chi connectivity index (χ1v) is 8.27. The molecule has 3 rings (SSSR count). The Morgan fingerprint density at radius 1 is 0.960 bits per heavy atom. The summed E-state index contributed by atoms with van der Waals surface area (Å²) in [6.45, 7) is 2.17. The van der Waals surface area contributed by atoms with Gasteiger partial charge in [0.15, 0.2) is 0 Å². The molecule has 2 N–H and O–H groups in total. The zero-order valence-corrected chi connectivity index (χ0v) is 14.1. The molecule has 130 valence electrons. The van der Waals surface area contributed by atoms with Crippen molar-refractivity contribution in [1.82, 2.24) is 0 Å². The number of ether oxygens (including phenoxy) is 1. The van der Waals surface area contributed by atoms with Crippen LogP contribution in [-0.4, -0.2) is 32.2 Å². The van der Waals surface area contributed by atoms with Gasteiger partial charge in [0.25, 0.3) is 0 Å². The maximum Gasteiger partial charge on any atom is 0.337 e. The summed E-state index contributed by atoms with van der Waals surface area (Å²) in [5.41, 5.74) is 2.79. The summed E-state index contributed by atoms with van der Waals surface area (Å²) < 4.78 is 4.67. The molecule has 2 aromatic carbocycles. The van der Waals surface area contributed by atoms with E-state index in [0.717, 1.165) is 13.1 Å². The van der Waals surface area contributed by atoms with Crippen LogP contribution in [0.4, 0.5) is 21.9 Å². The standard InChI is InChI=1S/C19H21N3O3/c1-25-18(23)14-5-4-6-16(13-14)21-19(24)20-15-7-9-17(10-8-15)22-11-2-3-12-22/h4-10,13H,2-3,11-12H2,1H3,(H2,20,21,24). The van der Waals surface area contributed by atoms with E-state index in [1.54, 1.807) is 24.3 Å². The van der Waals surface area contributed by atoms with E-state index in [1.807, 2.05) is 24.3 Å². The van der Waals surface area contributed by atoms with E-state index in [0.29, 0.717) is 16.9 Å². The predicted molar refractivity (Wildman–Crippen MR) is 98.3 cm³/mol. The maximum absolute atomic E-state index is 12.1. The van der Waals surface area contributed by atoms with Crippen LogP contribution in [0.5, 0.6) is 0 Å². The molecule has 6 nitrogen and oxygen atoms in total. The number of methoxy groups -OCH3 is 1. The van der Waals surface area contributed by atoms with Crippen molar-refractivity contribution in [3.63, 3.8) is 0 Å². The zero-order chi connectivity index (χ0) is 17.6. The smallest absolute Gasteiger partial charge is 0.337 e. The molecule has 0 atom stereocenters. The zero-order valence-electron chi connectivity index (χ0n) is 14.1. The van der Waals surface area contributed by atoms with Crippen molar-refractivity contribution in [1.29, 1.82) is 0 Å². The second-order valence-electron chi connectivity index (χ2n) is 5.89. The molecule has 25 heavy (non-hydrogen) atoms. The van der Waals surface area contributed by atoms with Crippen LogP contribution in [0.25, 0.3) is 0 Å². The van der Waals surface area contributed by atoms with E-state index >= 15 is 0 Å². The summed E-state index contributed by atoms with van der Waals surface area (Å²) in [4.78, 5) is 26.0. The lowest BCUT2D eigenvalue weighted by molar-refractivity contribution is 0.0600. The molecule has 0 spiro atoms. The van der Waals surface area contributed by atoms with Gasteiger partial charge in [-0.2, -0.15) is 0 Å². The molecule has 6 heteroatoms. The molecule has 0 unspecified atom stereocenters. The third-order valence-electron chi connectivity index (χ3n) is 4.14. The van der Waals surface area contributed by atoms with Crippen molar-refractivity contribution in [2.45, 2.75) is 12.8 Å². The highest BCUT2D eigenvalue weighted by Gasteiger charge is 2.12. The van der Waals surface area contributed by atoms with E-state index in [2.05, 4.69) is 20.3 Å². The van der Waals surface area contributed by atoms with Crippen molar-refractivity contribution in [2.24, 2.45) is 0 Å². The lowest BCUT2D eigenvalue weighted by Crippen LogP contribution is -2.20. The van der Waals surface area contributed by atoms with Crippen LogP contribution in [0.15, 0.2) is 48.5 Å². The van der Waals surface area contributed by atoms with Gasteiger partial charge < -0.3 is 20.3 Å². The molecular formula is C19H21N3O3. The Hall–Kier alpha value is -3.02. The molecule has 1 fully saturated rings. The summed E-state index contributed by atoms with van der Waals surface area (Å²) in [5, 5.41) is 5.50. The Morgan fingerprint density at radius 2 is 1.64 bits per heavy atom. The Labute approximate surface area is 146 Å². The van der Waals surface area contributed by atoms with Crippen LogP contribution in [0.1, 0.15) is 23.2 Å². The van der Waals surface area contributed by atoms with Crippen LogP contribution < -0.4 is 15.5 Å². The number of carbonyl (C=O) groups excluding carboxylic acids is 2. The number of esters is 1. The average Bonchev–Trinajstić information content (AvgIpc) is 3.16. The van der Waals surface area contributed by atoms with Gasteiger partial charge >= 0.3 is 12.0 Å². The fourth-order valence-corrected chi connectivity index (χ4v) is 2.87. The Morgan fingerprint density at radius 3 is 2.32 bits per heavy atom. The molecule has 0 radical (unpaired) electrons. The number of rotatable bonds is 4. The van der Waals surface area contributed by atoms with Gasteiger partial charge in [-0.3, -0.25) is 0 Å². The van der Waals surface area contributed by atoms with Crippen molar-refractivity contribution < 1.29 is 14.3 Å². The van der Waals surface area contributed by atoms with Gasteiger partial charge in [0.1, 0.15) is 0 Å². The second-order valence-corrected chi connectivity index (χ2v) is 5.89. The number of anilines is 3. The highest BCUT2D eigenvalue weighted by molar-refractivity contribution is 6.00. The molecule has 2 amide bonds. The summed E-state index contributed by atoms with van der Waals surface area (Å²) in [5.74, 6) is -0.443. The number of urea groups is 1. The number of nitrogens with zero attached hydrogens (tertiary/aromatic N) is 1. The molecule has 1 heterocycles. The van der Waals surface area contributed by atoms with Crippen molar-refractivity contribution in [3.05, 3.63) is 54.1 Å². The average molecular weight is 339 g/mol. The molecular weight excluding hydrogens is 318 g/mol. The molecule has 1 aliphatic heterocycles. The summed E-state index contributed by atoms with van der Waals surface area (Å²) in [7, 11) is 1.32. The first kappa shape index (κ1) is 16.8. The molecule has 0 saturated carbocycles. The van der Waals surface area contributed by atoms with Gasteiger partial charge in [-0.05, 0) is 55.3 Å². The number of nitrogens with one attached hydrogen (secondary N) is 2. The molecule has 0 aliphatic carbocycles. The van der Waals surface area contributed by atoms with Crippen molar-refractivity contribution in [2.75, 3.05) is 35.7 Å². The SMILES string of the molecule is COC(=O)c1cccc(NC(=O)Nc2ccc(N3CCCC3)cc2)c1. The van der Waals surface area contributed by atoms with Gasteiger partial charge in [0.2, 0.25) is 0 Å². The highest BCUT2D eigenvalue weighted by atomic mass is 16.5. The van der Waals surface area contributed by atoms with E-state index in [4.69, 9.17) is 0 Å². The Balaban J connectivity index is 1.59. The minimum atomic E-state index is -0.443. The fraction of sp³-hybridized carbons (Fsp3) is 0.263. The third-order valence-corrected chi connectivity index (χ3v) is 4.14. The van der Waals surface area contributed by atoms with Crippen LogP contribution in [0, 0.1) is 0 Å². The first-order valence-electron chi connectivity index (χ1n) is 8.27. The van der Waals surface area contributed by atoms with E-state index in [9.17, 15) is 9.59 Å². The summed E-state index contributed by atoms with van der Waals surface area (Å²) in [6.07, 6.45) is 2.46. The minimum absolute atomic E-state index is 0.365. The first-order chi connectivity index (χ1) is 12.2. The largest absolute Gasteiger partial charge is 0.465 e. The summed E-state index contributed by atoms with van der Waals surface area (Å²) in [6, 6.07) is 14.0. The monoisotopic (exact) mass is 339 g/mol.